The van der Waals surface area contributed by atoms with Crippen molar-refractivity contribution in [3.63, 3.8) is 0 Å². The number of carboxylic acid groups (broad SMARTS) is 1. The van der Waals surface area contributed by atoms with Gasteiger partial charge in [-0.2, -0.15) is 13.2 Å². The molecule has 0 aliphatic heterocycles. The summed E-state index contributed by atoms with van der Waals surface area (Å²) in [6, 6.07) is 14.3. The van der Waals surface area contributed by atoms with Gasteiger partial charge >= 0.3 is 18.2 Å². The molecule has 1 aliphatic rings. The lowest BCUT2D eigenvalue weighted by molar-refractivity contribution is -0.181. The summed E-state index contributed by atoms with van der Waals surface area (Å²) < 4.78 is 45.5. The third kappa shape index (κ3) is 5.86. The first-order chi connectivity index (χ1) is 16.1. The van der Waals surface area contributed by atoms with Gasteiger partial charge in [0.2, 0.25) is 5.91 Å². The number of halogens is 3. The molecule has 0 spiro atoms. The van der Waals surface area contributed by atoms with Crippen LogP contribution in [0.2, 0.25) is 0 Å². The molecule has 7 nitrogen and oxygen atoms in total. The second-order valence-electron chi connectivity index (χ2n) is 8.01. The highest BCUT2D eigenvalue weighted by Crippen LogP contribution is 2.44. The van der Waals surface area contributed by atoms with Crippen LogP contribution in [0.4, 0.5) is 18.0 Å². The van der Waals surface area contributed by atoms with Crippen molar-refractivity contribution in [3.05, 3.63) is 59.7 Å². The normalized spacial score (nSPS) is 14.5. The summed E-state index contributed by atoms with van der Waals surface area (Å²) in [6.45, 7) is 0.431. The predicted molar refractivity (Wildman–Crippen MR) is 117 cm³/mol. The lowest BCUT2D eigenvalue weighted by atomic mass is 9.98. The van der Waals surface area contributed by atoms with E-state index in [1.807, 2.05) is 53.8 Å². The second-order valence-corrected chi connectivity index (χ2v) is 8.01. The SMILES string of the molecule is CC[C@H](CC(=O)O)NC(=O)C(CNC(=O)OCC1c2ccccc2-c2ccccc21)C(F)(F)F. The van der Waals surface area contributed by atoms with Crippen LogP contribution in [-0.4, -0.2) is 48.4 Å². The summed E-state index contributed by atoms with van der Waals surface area (Å²) in [5, 5.41) is 12.9. The maximum absolute atomic E-state index is 13.4. The van der Waals surface area contributed by atoms with E-state index < -0.39 is 49.1 Å². The molecule has 1 unspecified atom stereocenters. The molecule has 3 rings (SSSR count). The maximum Gasteiger partial charge on any atom is 0.407 e. The second kappa shape index (κ2) is 10.6. The smallest absolute Gasteiger partial charge is 0.407 e. The van der Waals surface area contributed by atoms with Crippen molar-refractivity contribution < 1.29 is 37.4 Å². The Morgan fingerprint density at radius 1 is 1.03 bits per heavy atom. The lowest BCUT2D eigenvalue weighted by Crippen LogP contribution is -2.49. The van der Waals surface area contributed by atoms with Crippen molar-refractivity contribution in [3.8, 4) is 11.1 Å². The van der Waals surface area contributed by atoms with Gasteiger partial charge in [-0.1, -0.05) is 55.5 Å². The average molecular weight is 478 g/mol. The number of aliphatic carboxylic acids is 1. The topological polar surface area (TPSA) is 105 Å². The van der Waals surface area contributed by atoms with Crippen molar-refractivity contribution in [2.75, 3.05) is 13.2 Å². The summed E-state index contributed by atoms with van der Waals surface area (Å²) >= 11 is 0. The molecular formula is C24H25F3N2O5. The minimum Gasteiger partial charge on any atom is -0.481 e. The molecule has 0 aromatic heterocycles. The minimum atomic E-state index is -4.94. The number of rotatable bonds is 9. The monoisotopic (exact) mass is 478 g/mol. The van der Waals surface area contributed by atoms with Gasteiger partial charge in [-0.3, -0.25) is 9.59 Å². The number of hydrogen-bond acceptors (Lipinski definition) is 4. The van der Waals surface area contributed by atoms with Crippen molar-refractivity contribution in [1.82, 2.24) is 10.6 Å². The van der Waals surface area contributed by atoms with E-state index in [1.165, 1.54) is 0 Å². The van der Waals surface area contributed by atoms with E-state index in [2.05, 4.69) is 5.32 Å². The Bertz CT molecular complexity index is 1010. The molecule has 0 fully saturated rings. The molecule has 2 aromatic rings. The standard InChI is InChI=1S/C24H25F3N2O5/c1-2-14(11-21(30)31)29-22(32)20(24(25,26)27)12-28-23(33)34-13-19-17-9-5-3-7-15(17)16-8-4-6-10-18(16)19/h3-10,14,19-20H,2,11-13H2,1H3,(H,28,33)(H,29,32)(H,30,31)/t14-,20?/m1/s1. The van der Waals surface area contributed by atoms with Gasteiger partial charge in [-0.15, -0.1) is 0 Å². The van der Waals surface area contributed by atoms with Crippen molar-refractivity contribution in [2.24, 2.45) is 5.92 Å². The number of ether oxygens (including phenoxy) is 1. The molecule has 0 bridgehead atoms. The first-order valence-corrected chi connectivity index (χ1v) is 10.8. The van der Waals surface area contributed by atoms with E-state index in [0.717, 1.165) is 22.3 Å². The van der Waals surface area contributed by atoms with Gasteiger partial charge < -0.3 is 20.5 Å². The van der Waals surface area contributed by atoms with Crippen LogP contribution in [0.15, 0.2) is 48.5 Å². The fraction of sp³-hybridized carbons (Fsp3) is 0.375. The zero-order chi connectivity index (χ0) is 24.9. The van der Waals surface area contributed by atoms with Crippen LogP contribution in [0.3, 0.4) is 0 Å². The summed E-state index contributed by atoms with van der Waals surface area (Å²) in [6.07, 6.45) is -6.39. The number of carbonyl (C=O) groups is 3. The Labute approximate surface area is 194 Å². The van der Waals surface area contributed by atoms with E-state index in [-0.39, 0.29) is 18.9 Å². The molecule has 182 valence electrons. The van der Waals surface area contributed by atoms with Gasteiger partial charge in [0.25, 0.3) is 0 Å². The van der Waals surface area contributed by atoms with E-state index in [0.29, 0.717) is 0 Å². The number of carboxylic acids is 1. The van der Waals surface area contributed by atoms with Gasteiger partial charge in [-0.05, 0) is 28.7 Å². The summed E-state index contributed by atoms with van der Waals surface area (Å²) in [4.78, 5) is 35.2. The van der Waals surface area contributed by atoms with E-state index >= 15 is 0 Å². The number of alkyl carbamates (subject to hydrolysis) is 1. The predicted octanol–water partition coefficient (Wildman–Crippen LogP) is 4.07. The van der Waals surface area contributed by atoms with Crippen LogP contribution in [0.25, 0.3) is 11.1 Å². The molecule has 3 N–H and O–H groups in total. The lowest BCUT2D eigenvalue weighted by Gasteiger charge is -2.23. The van der Waals surface area contributed by atoms with E-state index in [4.69, 9.17) is 9.84 Å². The number of carbonyl (C=O) groups excluding carboxylic acids is 2. The van der Waals surface area contributed by atoms with Crippen LogP contribution in [0, 0.1) is 5.92 Å². The average Bonchev–Trinajstić information content (AvgIpc) is 3.10. The van der Waals surface area contributed by atoms with Crippen LogP contribution in [-0.2, 0) is 14.3 Å². The third-order valence-electron chi connectivity index (χ3n) is 5.77. The largest absolute Gasteiger partial charge is 0.481 e. The molecule has 2 aromatic carbocycles. The number of alkyl halides is 3. The molecule has 34 heavy (non-hydrogen) atoms. The molecule has 0 radical (unpaired) electrons. The summed E-state index contributed by atoms with van der Waals surface area (Å²) in [7, 11) is 0. The molecule has 0 saturated heterocycles. The fourth-order valence-corrected chi connectivity index (χ4v) is 4.00. The van der Waals surface area contributed by atoms with Crippen molar-refractivity contribution in [1.29, 1.82) is 0 Å². The van der Waals surface area contributed by atoms with Crippen LogP contribution < -0.4 is 10.6 Å². The molecule has 2 atom stereocenters. The highest BCUT2D eigenvalue weighted by molar-refractivity contribution is 5.82. The van der Waals surface area contributed by atoms with Gasteiger partial charge in [-0.25, -0.2) is 4.79 Å². The molecule has 0 heterocycles. The Kier molecular flexibility index (Phi) is 7.80. The molecule has 10 heteroatoms. The van der Waals surface area contributed by atoms with Gasteiger partial charge in [0.1, 0.15) is 6.61 Å². The van der Waals surface area contributed by atoms with Crippen LogP contribution >= 0.6 is 0 Å². The summed E-state index contributed by atoms with van der Waals surface area (Å²) in [5.74, 6) is -5.45. The number of benzene rings is 2. The Morgan fingerprint density at radius 2 is 1.59 bits per heavy atom. The third-order valence-corrected chi connectivity index (χ3v) is 5.77. The zero-order valence-electron chi connectivity index (χ0n) is 18.4. The van der Waals surface area contributed by atoms with Crippen molar-refractivity contribution >= 4 is 18.0 Å². The highest BCUT2D eigenvalue weighted by Gasteiger charge is 2.45. The minimum absolute atomic E-state index is 0.0841. The fourth-order valence-electron chi connectivity index (χ4n) is 4.00. The zero-order valence-corrected chi connectivity index (χ0v) is 18.4. The molecule has 1 aliphatic carbocycles. The first kappa shape index (κ1) is 25.1. The van der Waals surface area contributed by atoms with Gasteiger partial charge in [0.15, 0.2) is 5.92 Å². The van der Waals surface area contributed by atoms with Crippen LogP contribution in [0.5, 0.6) is 0 Å². The maximum atomic E-state index is 13.4. The Hall–Kier alpha value is -3.56. The van der Waals surface area contributed by atoms with E-state index in [1.54, 1.807) is 6.92 Å². The molecular weight excluding hydrogens is 453 g/mol. The number of fused-ring (bicyclic) bond motifs is 3. The van der Waals surface area contributed by atoms with Gasteiger partial charge in [0, 0.05) is 18.5 Å². The Balaban J connectivity index is 1.61. The molecule has 2 amide bonds. The van der Waals surface area contributed by atoms with Gasteiger partial charge in [0.05, 0.1) is 6.42 Å². The summed E-state index contributed by atoms with van der Waals surface area (Å²) in [5.41, 5.74) is 3.92. The quantitative estimate of drug-likeness (QED) is 0.504. The Morgan fingerprint density at radius 3 is 2.09 bits per heavy atom. The number of amides is 2. The van der Waals surface area contributed by atoms with Crippen LogP contribution in [0.1, 0.15) is 36.8 Å². The molecule has 0 saturated carbocycles. The van der Waals surface area contributed by atoms with E-state index in [9.17, 15) is 27.6 Å². The number of hydrogen-bond donors (Lipinski definition) is 3. The number of nitrogens with one attached hydrogen (secondary N) is 2. The van der Waals surface area contributed by atoms with Crippen molar-refractivity contribution in [2.45, 2.75) is 37.9 Å². The highest BCUT2D eigenvalue weighted by atomic mass is 19.4. The first-order valence-electron chi connectivity index (χ1n) is 10.8.